The van der Waals surface area contributed by atoms with Gasteiger partial charge in [-0.3, -0.25) is 19.6 Å². The lowest BCUT2D eigenvalue weighted by atomic mass is 10.0. The van der Waals surface area contributed by atoms with Crippen molar-refractivity contribution in [3.05, 3.63) is 66.2 Å². The Kier molecular flexibility index (Phi) is 4.47. The molecule has 0 bridgehead atoms. The lowest BCUT2D eigenvalue weighted by molar-refractivity contribution is -0.136. The lowest BCUT2D eigenvalue weighted by Gasteiger charge is -2.12. The number of hydrogen-bond acceptors (Lipinski definition) is 4. The summed E-state index contributed by atoms with van der Waals surface area (Å²) in [6.45, 7) is 2.04. The van der Waals surface area contributed by atoms with Gasteiger partial charge in [-0.15, -0.1) is 0 Å². The molecule has 0 radical (unpaired) electrons. The number of rotatable bonds is 3. The molecule has 0 aliphatic rings. The standard InChI is InChI=1S/C18H16N4O2/c1-12-6-7-13-4-2-3-5-15(13)16(12)22-18(24)17(23)21-11-14-10-19-8-9-20-14/h2-10H,11H2,1H3,(H,21,23)(H,22,24). The highest BCUT2D eigenvalue weighted by atomic mass is 16.2. The zero-order valence-electron chi connectivity index (χ0n) is 13.1. The molecular formula is C18H16N4O2. The molecule has 1 aromatic heterocycles. The van der Waals surface area contributed by atoms with E-state index < -0.39 is 11.8 Å². The highest BCUT2D eigenvalue weighted by Crippen LogP contribution is 2.26. The van der Waals surface area contributed by atoms with E-state index >= 15 is 0 Å². The fraction of sp³-hybridized carbons (Fsp3) is 0.111. The minimum atomic E-state index is -0.715. The topological polar surface area (TPSA) is 84.0 Å². The number of nitrogens with zero attached hydrogens (tertiary/aromatic N) is 2. The minimum Gasteiger partial charge on any atom is -0.342 e. The van der Waals surface area contributed by atoms with Gasteiger partial charge in [0.2, 0.25) is 0 Å². The van der Waals surface area contributed by atoms with Gasteiger partial charge in [0.05, 0.1) is 24.1 Å². The summed E-state index contributed by atoms with van der Waals surface area (Å²) in [7, 11) is 0. The fourth-order valence-electron chi connectivity index (χ4n) is 2.39. The maximum Gasteiger partial charge on any atom is 0.313 e. The van der Waals surface area contributed by atoms with E-state index in [1.807, 2.05) is 43.3 Å². The molecule has 1 heterocycles. The van der Waals surface area contributed by atoms with Crippen LogP contribution in [-0.2, 0) is 16.1 Å². The van der Waals surface area contributed by atoms with Crippen LogP contribution >= 0.6 is 0 Å². The molecule has 6 nitrogen and oxygen atoms in total. The largest absolute Gasteiger partial charge is 0.342 e. The van der Waals surface area contributed by atoms with E-state index in [-0.39, 0.29) is 6.54 Å². The van der Waals surface area contributed by atoms with E-state index in [0.717, 1.165) is 16.3 Å². The molecule has 0 fully saturated rings. The molecule has 0 saturated heterocycles. The molecule has 6 heteroatoms. The zero-order valence-corrected chi connectivity index (χ0v) is 13.1. The molecule has 2 amide bonds. The lowest BCUT2D eigenvalue weighted by Crippen LogP contribution is -2.35. The van der Waals surface area contributed by atoms with E-state index in [9.17, 15) is 9.59 Å². The number of aromatic nitrogens is 2. The van der Waals surface area contributed by atoms with E-state index in [2.05, 4.69) is 20.6 Å². The molecule has 3 rings (SSSR count). The molecule has 2 N–H and O–H groups in total. The van der Waals surface area contributed by atoms with Crippen molar-refractivity contribution in [1.29, 1.82) is 0 Å². The smallest absolute Gasteiger partial charge is 0.313 e. The Morgan fingerprint density at radius 1 is 1.04 bits per heavy atom. The number of carbonyl (C=O) groups is 2. The van der Waals surface area contributed by atoms with Crippen molar-refractivity contribution in [3.8, 4) is 0 Å². The SMILES string of the molecule is Cc1ccc2ccccc2c1NC(=O)C(=O)NCc1cnccn1. The molecule has 3 aromatic rings. The van der Waals surface area contributed by atoms with Crippen molar-refractivity contribution in [2.24, 2.45) is 0 Å². The van der Waals surface area contributed by atoms with Gasteiger partial charge in [-0.05, 0) is 17.9 Å². The molecule has 0 spiro atoms. The molecule has 120 valence electrons. The predicted molar refractivity (Wildman–Crippen MR) is 91.2 cm³/mol. The van der Waals surface area contributed by atoms with E-state index in [4.69, 9.17) is 0 Å². The summed E-state index contributed by atoms with van der Waals surface area (Å²) in [4.78, 5) is 32.1. The number of anilines is 1. The molecule has 0 saturated carbocycles. The van der Waals surface area contributed by atoms with E-state index in [1.165, 1.54) is 12.4 Å². The molecule has 24 heavy (non-hydrogen) atoms. The van der Waals surface area contributed by atoms with Crippen LogP contribution in [-0.4, -0.2) is 21.8 Å². The Morgan fingerprint density at radius 3 is 2.67 bits per heavy atom. The molecular weight excluding hydrogens is 304 g/mol. The van der Waals surface area contributed by atoms with Crippen molar-refractivity contribution in [2.45, 2.75) is 13.5 Å². The van der Waals surface area contributed by atoms with E-state index in [0.29, 0.717) is 11.4 Å². The quantitative estimate of drug-likeness (QED) is 0.725. The third-order valence-electron chi connectivity index (χ3n) is 3.63. The summed E-state index contributed by atoms with van der Waals surface area (Å²) in [5.74, 6) is -1.42. The number of aryl methyl sites for hydroxylation is 1. The molecule has 2 aromatic carbocycles. The van der Waals surface area contributed by atoms with Crippen LogP contribution in [0.3, 0.4) is 0 Å². The van der Waals surface area contributed by atoms with Crippen LogP contribution in [0.25, 0.3) is 10.8 Å². The zero-order chi connectivity index (χ0) is 16.9. The number of amides is 2. The number of benzene rings is 2. The second-order valence-corrected chi connectivity index (χ2v) is 5.31. The van der Waals surface area contributed by atoms with Crippen LogP contribution in [0.4, 0.5) is 5.69 Å². The first-order valence-electron chi connectivity index (χ1n) is 7.47. The second kappa shape index (κ2) is 6.87. The minimum absolute atomic E-state index is 0.147. The van der Waals surface area contributed by atoms with Crippen LogP contribution in [0.1, 0.15) is 11.3 Å². The molecule has 0 atom stereocenters. The maximum absolute atomic E-state index is 12.2. The number of fused-ring (bicyclic) bond motifs is 1. The second-order valence-electron chi connectivity index (χ2n) is 5.31. The van der Waals surface area contributed by atoms with Gasteiger partial charge in [0.1, 0.15) is 0 Å². The predicted octanol–water partition coefficient (Wildman–Crippen LogP) is 2.19. The Bertz CT molecular complexity index is 894. The number of nitrogens with one attached hydrogen (secondary N) is 2. The monoisotopic (exact) mass is 320 g/mol. The van der Waals surface area contributed by atoms with Crippen molar-refractivity contribution >= 4 is 28.3 Å². The van der Waals surface area contributed by atoms with Gasteiger partial charge in [-0.25, -0.2) is 0 Å². The maximum atomic E-state index is 12.2. The number of carbonyl (C=O) groups excluding carboxylic acids is 2. The average Bonchev–Trinajstić information content (AvgIpc) is 2.63. The average molecular weight is 320 g/mol. The van der Waals surface area contributed by atoms with Crippen LogP contribution in [0.15, 0.2) is 55.0 Å². The summed E-state index contributed by atoms with van der Waals surface area (Å²) >= 11 is 0. The fourth-order valence-corrected chi connectivity index (χ4v) is 2.39. The van der Waals surface area contributed by atoms with Crippen LogP contribution < -0.4 is 10.6 Å². The van der Waals surface area contributed by atoms with Gasteiger partial charge in [0.15, 0.2) is 0 Å². The molecule has 0 aliphatic heterocycles. The van der Waals surface area contributed by atoms with Crippen molar-refractivity contribution in [2.75, 3.05) is 5.32 Å². The summed E-state index contributed by atoms with van der Waals surface area (Å²) in [6, 6.07) is 11.6. The Morgan fingerprint density at radius 2 is 1.88 bits per heavy atom. The first-order valence-corrected chi connectivity index (χ1v) is 7.47. The molecule has 0 aliphatic carbocycles. The van der Waals surface area contributed by atoms with Gasteiger partial charge in [-0.2, -0.15) is 0 Å². The Hall–Kier alpha value is -3.28. The first kappa shape index (κ1) is 15.6. The van der Waals surface area contributed by atoms with Gasteiger partial charge in [0.25, 0.3) is 0 Å². The van der Waals surface area contributed by atoms with Crippen molar-refractivity contribution < 1.29 is 9.59 Å². The van der Waals surface area contributed by atoms with E-state index in [1.54, 1.807) is 6.20 Å². The third-order valence-corrected chi connectivity index (χ3v) is 3.63. The highest BCUT2D eigenvalue weighted by Gasteiger charge is 2.16. The van der Waals surface area contributed by atoms with Gasteiger partial charge >= 0.3 is 11.8 Å². The summed E-state index contributed by atoms with van der Waals surface area (Å²) < 4.78 is 0. The van der Waals surface area contributed by atoms with Gasteiger partial charge < -0.3 is 10.6 Å². The first-order chi connectivity index (χ1) is 11.6. The van der Waals surface area contributed by atoms with Crippen molar-refractivity contribution in [1.82, 2.24) is 15.3 Å². The van der Waals surface area contributed by atoms with Crippen LogP contribution in [0.5, 0.6) is 0 Å². The summed E-state index contributed by atoms with van der Waals surface area (Å²) in [5.41, 5.74) is 2.12. The van der Waals surface area contributed by atoms with Crippen LogP contribution in [0, 0.1) is 6.92 Å². The van der Waals surface area contributed by atoms with Crippen LogP contribution in [0.2, 0.25) is 0 Å². The van der Waals surface area contributed by atoms with Crippen molar-refractivity contribution in [3.63, 3.8) is 0 Å². The summed E-state index contributed by atoms with van der Waals surface area (Å²) in [6.07, 6.45) is 4.61. The normalized spacial score (nSPS) is 10.4. The number of hydrogen-bond donors (Lipinski definition) is 2. The Balaban J connectivity index is 1.73. The van der Waals surface area contributed by atoms with Gasteiger partial charge in [0, 0.05) is 17.8 Å². The Labute approximate surface area is 138 Å². The summed E-state index contributed by atoms with van der Waals surface area (Å²) in [5, 5.41) is 7.13. The third kappa shape index (κ3) is 3.38. The molecule has 0 unspecified atom stereocenters. The van der Waals surface area contributed by atoms with Gasteiger partial charge in [-0.1, -0.05) is 36.4 Å². The highest BCUT2D eigenvalue weighted by molar-refractivity contribution is 6.40.